The van der Waals surface area contributed by atoms with Crippen molar-refractivity contribution in [2.45, 2.75) is 23.7 Å². The summed E-state index contributed by atoms with van der Waals surface area (Å²) in [4.78, 5) is 4.30. The molecule has 0 fully saturated rings. The molecule has 1 N–H and O–H groups in total. The van der Waals surface area contributed by atoms with Gasteiger partial charge in [-0.3, -0.25) is 0 Å². The normalized spacial score (nSPS) is 12.3. The third kappa shape index (κ3) is 4.51. The molecule has 1 heterocycles. The topological polar surface area (TPSA) is 34.1 Å². The number of ether oxygens (including phenoxy) is 1. The zero-order valence-corrected chi connectivity index (χ0v) is 13.5. The Bertz CT molecular complexity index is 485. The summed E-state index contributed by atoms with van der Waals surface area (Å²) in [7, 11) is 1.99. The highest BCUT2D eigenvalue weighted by molar-refractivity contribution is 8.01. The van der Waals surface area contributed by atoms with Crippen LogP contribution >= 0.6 is 23.1 Å². The molecule has 2 aromatic rings. The van der Waals surface area contributed by atoms with Crippen LogP contribution in [-0.2, 0) is 0 Å². The Morgan fingerprint density at radius 2 is 2.15 bits per heavy atom. The molecule has 0 spiro atoms. The maximum atomic E-state index is 5.61. The number of nitrogens with zero attached hydrogens (tertiary/aromatic N) is 1. The number of aromatic nitrogens is 1. The van der Waals surface area contributed by atoms with Gasteiger partial charge in [0, 0.05) is 23.4 Å². The summed E-state index contributed by atoms with van der Waals surface area (Å²) in [5.74, 6) is 1.91. The number of hydrogen-bond acceptors (Lipinski definition) is 5. The van der Waals surface area contributed by atoms with Gasteiger partial charge >= 0.3 is 0 Å². The minimum absolute atomic E-state index is 0.323. The summed E-state index contributed by atoms with van der Waals surface area (Å²) in [6.45, 7) is 2.88. The highest BCUT2D eigenvalue weighted by Gasteiger charge is 2.10. The van der Waals surface area contributed by atoms with E-state index in [4.69, 9.17) is 4.74 Å². The first kappa shape index (κ1) is 15.4. The zero-order chi connectivity index (χ0) is 14.2. The van der Waals surface area contributed by atoms with Gasteiger partial charge in [0.15, 0.2) is 0 Å². The highest BCUT2D eigenvalue weighted by Crippen LogP contribution is 2.26. The molecule has 5 heteroatoms. The lowest BCUT2D eigenvalue weighted by Crippen LogP contribution is -2.18. The van der Waals surface area contributed by atoms with Crippen molar-refractivity contribution in [3.8, 4) is 5.75 Å². The van der Waals surface area contributed by atoms with E-state index in [1.807, 2.05) is 30.8 Å². The van der Waals surface area contributed by atoms with E-state index >= 15 is 0 Å². The van der Waals surface area contributed by atoms with Gasteiger partial charge in [-0.15, -0.1) is 11.3 Å². The first-order chi connectivity index (χ1) is 9.83. The van der Waals surface area contributed by atoms with E-state index in [1.165, 1.54) is 5.56 Å². The molecule has 0 aliphatic rings. The Kier molecular flexibility index (Phi) is 6.36. The summed E-state index contributed by atoms with van der Waals surface area (Å²) in [6, 6.07) is 8.68. The van der Waals surface area contributed by atoms with Crippen LogP contribution in [0.3, 0.4) is 0 Å². The van der Waals surface area contributed by atoms with Gasteiger partial charge in [0.05, 0.1) is 6.61 Å². The quantitative estimate of drug-likeness (QED) is 0.748. The predicted octanol–water partition coefficient (Wildman–Crippen LogP) is 3.98. The maximum Gasteiger partial charge on any atom is 0.149 e. The van der Waals surface area contributed by atoms with E-state index in [0.29, 0.717) is 6.04 Å². The molecule has 108 valence electrons. The van der Waals surface area contributed by atoms with Crippen LogP contribution in [0.4, 0.5) is 0 Å². The molecule has 1 atom stereocenters. The first-order valence-corrected chi connectivity index (χ1v) is 8.62. The SMILES string of the molecule is CCCOc1ccc(C(CSc2nccs2)NC)cc1. The molecule has 0 aliphatic carbocycles. The minimum atomic E-state index is 0.323. The molecule has 3 nitrogen and oxygen atoms in total. The van der Waals surface area contributed by atoms with Gasteiger partial charge in [0.1, 0.15) is 10.1 Å². The van der Waals surface area contributed by atoms with E-state index in [0.717, 1.165) is 28.9 Å². The molecule has 0 amide bonds. The van der Waals surface area contributed by atoms with Crippen LogP contribution in [0.5, 0.6) is 5.75 Å². The van der Waals surface area contributed by atoms with Crippen LogP contribution in [0, 0.1) is 0 Å². The largest absolute Gasteiger partial charge is 0.494 e. The Morgan fingerprint density at radius 3 is 2.75 bits per heavy atom. The molecule has 1 aromatic carbocycles. The van der Waals surface area contributed by atoms with Crippen LogP contribution in [-0.4, -0.2) is 24.4 Å². The second-order valence-corrected chi connectivity index (χ2v) is 6.53. The summed E-state index contributed by atoms with van der Waals surface area (Å²) < 4.78 is 6.73. The summed E-state index contributed by atoms with van der Waals surface area (Å²) in [6.07, 6.45) is 2.88. The average molecular weight is 308 g/mol. The third-order valence-electron chi connectivity index (χ3n) is 2.89. The van der Waals surface area contributed by atoms with Gasteiger partial charge in [0.25, 0.3) is 0 Å². The van der Waals surface area contributed by atoms with Crippen molar-refractivity contribution in [3.63, 3.8) is 0 Å². The van der Waals surface area contributed by atoms with Crippen molar-refractivity contribution in [2.24, 2.45) is 0 Å². The first-order valence-electron chi connectivity index (χ1n) is 6.75. The second kappa shape index (κ2) is 8.29. The van der Waals surface area contributed by atoms with Crippen molar-refractivity contribution in [1.82, 2.24) is 10.3 Å². The third-order valence-corrected chi connectivity index (χ3v) is 4.95. The fraction of sp³-hybridized carbons (Fsp3) is 0.400. The summed E-state index contributed by atoms with van der Waals surface area (Å²) in [5.41, 5.74) is 1.28. The van der Waals surface area contributed by atoms with E-state index in [9.17, 15) is 0 Å². The molecule has 2 rings (SSSR count). The monoisotopic (exact) mass is 308 g/mol. The zero-order valence-electron chi connectivity index (χ0n) is 11.8. The molecule has 1 unspecified atom stereocenters. The Balaban J connectivity index is 1.92. The lowest BCUT2D eigenvalue weighted by atomic mass is 10.1. The van der Waals surface area contributed by atoms with Crippen molar-refractivity contribution in [3.05, 3.63) is 41.4 Å². The molecule has 1 aromatic heterocycles. The molecular formula is C15H20N2OS2. The smallest absolute Gasteiger partial charge is 0.149 e. The highest BCUT2D eigenvalue weighted by atomic mass is 32.2. The molecule has 0 bridgehead atoms. The average Bonchev–Trinajstić information content (AvgIpc) is 3.00. The molecule has 0 radical (unpaired) electrons. The second-order valence-electron chi connectivity index (χ2n) is 4.37. The van der Waals surface area contributed by atoms with Gasteiger partial charge in [0.2, 0.25) is 0 Å². The van der Waals surface area contributed by atoms with Crippen LogP contribution in [0.25, 0.3) is 0 Å². The van der Waals surface area contributed by atoms with E-state index in [1.54, 1.807) is 23.1 Å². The summed E-state index contributed by atoms with van der Waals surface area (Å²) in [5, 5.41) is 5.37. The molecular weight excluding hydrogens is 288 g/mol. The Morgan fingerprint density at radius 1 is 1.35 bits per heavy atom. The number of benzene rings is 1. The predicted molar refractivity (Wildman–Crippen MR) is 86.9 cm³/mol. The fourth-order valence-electron chi connectivity index (χ4n) is 1.80. The number of rotatable bonds is 8. The van der Waals surface area contributed by atoms with Crippen molar-refractivity contribution in [1.29, 1.82) is 0 Å². The van der Waals surface area contributed by atoms with E-state index in [2.05, 4.69) is 29.4 Å². The van der Waals surface area contributed by atoms with Crippen molar-refractivity contribution >= 4 is 23.1 Å². The minimum Gasteiger partial charge on any atom is -0.494 e. The molecule has 0 aliphatic heterocycles. The van der Waals surface area contributed by atoms with Crippen molar-refractivity contribution in [2.75, 3.05) is 19.4 Å². The van der Waals surface area contributed by atoms with Crippen LogP contribution in [0.2, 0.25) is 0 Å². The molecule has 0 saturated heterocycles. The summed E-state index contributed by atoms with van der Waals surface area (Å²) >= 11 is 3.47. The van der Waals surface area contributed by atoms with Crippen molar-refractivity contribution < 1.29 is 4.74 Å². The van der Waals surface area contributed by atoms with Crippen LogP contribution in [0.1, 0.15) is 24.9 Å². The van der Waals surface area contributed by atoms with E-state index < -0.39 is 0 Å². The molecule has 0 saturated carbocycles. The van der Waals surface area contributed by atoms with Gasteiger partial charge in [-0.25, -0.2) is 4.98 Å². The van der Waals surface area contributed by atoms with Crippen LogP contribution in [0.15, 0.2) is 40.2 Å². The number of nitrogens with one attached hydrogen (secondary N) is 1. The van der Waals surface area contributed by atoms with Gasteiger partial charge in [-0.05, 0) is 31.2 Å². The standard InChI is InChI=1S/C15H20N2OS2/c1-3-9-18-13-6-4-12(5-7-13)14(16-2)11-20-15-17-8-10-19-15/h4-8,10,14,16H,3,9,11H2,1-2H3. The number of thioether (sulfide) groups is 1. The lowest BCUT2D eigenvalue weighted by Gasteiger charge is -2.16. The number of hydrogen-bond donors (Lipinski definition) is 1. The fourth-order valence-corrected chi connectivity index (χ4v) is 3.61. The van der Waals surface area contributed by atoms with Gasteiger partial charge in [-0.1, -0.05) is 30.8 Å². The Labute approximate surface area is 128 Å². The molecule has 20 heavy (non-hydrogen) atoms. The Hall–Kier alpha value is -1.04. The van der Waals surface area contributed by atoms with E-state index in [-0.39, 0.29) is 0 Å². The van der Waals surface area contributed by atoms with Gasteiger partial charge < -0.3 is 10.1 Å². The lowest BCUT2D eigenvalue weighted by molar-refractivity contribution is 0.317. The van der Waals surface area contributed by atoms with Gasteiger partial charge in [-0.2, -0.15) is 0 Å². The number of thiazole rings is 1. The maximum absolute atomic E-state index is 5.61. The van der Waals surface area contributed by atoms with Crippen LogP contribution < -0.4 is 10.1 Å².